The molecule has 30 heavy (non-hydrogen) atoms. The third-order valence-electron chi connectivity index (χ3n) is 4.55. The van der Waals surface area contributed by atoms with Crippen molar-refractivity contribution in [3.8, 4) is 0 Å². The topological polar surface area (TPSA) is 77.6 Å². The zero-order valence-electron chi connectivity index (χ0n) is 16.8. The minimum atomic E-state index is -0.186. The molecule has 1 N–H and O–H groups in total. The van der Waals surface area contributed by atoms with E-state index in [-0.39, 0.29) is 5.91 Å². The molecule has 0 aliphatic carbocycles. The van der Waals surface area contributed by atoms with Gasteiger partial charge in [-0.05, 0) is 55.8 Å². The molecule has 0 saturated carbocycles. The van der Waals surface area contributed by atoms with Gasteiger partial charge in [0.15, 0.2) is 5.13 Å². The quantitative estimate of drug-likeness (QED) is 0.476. The van der Waals surface area contributed by atoms with Gasteiger partial charge in [-0.2, -0.15) is 0 Å². The second-order valence-corrected chi connectivity index (χ2v) is 7.94. The van der Waals surface area contributed by atoms with Gasteiger partial charge < -0.3 is 9.13 Å². The molecule has 0 radical (unpaired) electrons. The standard InChI is InChI=1S/C22H22N6OS/c1-16(2)28-13-18(24-15-28)5-6-19-14-30-22(25-19)26-21(29)20-4-3-11-27(20)12-17-7-9-23-10-8-17/h3-11,13-16H,12H2,1-2H3,(H,25,26,29)/b6-5+. The van der Waals surface area contributed by atoms with Crippen molar-refractivity contribution < 1.29 is 4.79 Å². The van der Waals surface area contributed by atoms with Crippen molar-refractivity contribution in [2.75, 3.05) is 5.32 Å². The molecule has 4 heterocycles. The van der Waals surface area contributed by atoms with Crippen LogP contribution in [-0.4, -0.2) is 30.0 Å². The van der Waals surface area contributed by atoms with Crippen LogP contribution >= 0.6 is 11.3 Å². The lowest BCUT2D eigenvalue weighted by Gasteiger charge is -2.08. The maximum absolute atomic E-state index is 12.7. The molecule has 0 saturated heterocycles. The van der Waals surface area contributed by atoms with Crippen LogP contribution in [0.3, 0.4) is 0 Å². The average molecular weight is 419 g/mol. The van der Waals surface area contributed by atoms with E-state index in [2.05, 4.69) is 34.1 Å². The Bertz CT molecular complexity index is 1160. The maximum atomic E-state index is 12.7. The van der Waals surface area contributed by atoms with Crippen molar-refractivity contribution in [2.24, 2.45) is 0 Å². The molecule has 0 aromatic carbocycles. The second kappa shape index (κ2) is 8.87. The van der Waals surface area contributed by atoms with Crippen molar-refractivity contribution in [1.82, 2.24) is 24.1 Å². The Hall–Kier alpha value is -3.52. The molecular formula is C22H22N6OS. The highest BCUT2D eigenvalue weighted by molar-refractivity contribution is 7.14. The Morgan fingerprint density at radius 1 is 1.20 bits per heavy atom. The van der Waals surface area contributed by atoms with Crippen LogP contribution < -0.4 is 5.32 Å². The molecule has 8 heteroatoms. The van der Waals surface area contributed by atoms with Crippen LogP contribution in [0.2, 0.25) is 0 Å². The maximum Gasteiger partial charge on any atom is 0.274 e. The monoisotopic (exact) mass is 418 g/mol. The van der Waals surface area contributed by atoms with E-state index in [9.17, 15) is 4.79 Å². The van der Waals surface area contributed by atoms with Crippen molar-refractivity contribution in [1.29, 1.82) is 0 Å². The number of rotatable bonds is 7. The average Bonchev–Trinajstić information content (AvgIpc) is 3.48. The minimum Gasteiger partial charge on any atom is -0.339 e. The number of thiazole rings is 1. The highest BCUT2D eigenvalue weighted by atomic mass is 32.1. The van der Waals surface area contributed by atoms with E-state index in [1.54, 1.807) is 18.5 Å². The van der Waals surface area contributed by atoms with Gasteiger partial charge in [-0.1, -0.05) is 0 Å². The lowest BCUT2D eigenvalue weighted by atomic mass is 10.2. The van der Waals surface area contributed by atoms with Gasteiger partial charge in [0, 0.05) is 42.8 Å². The number of carbonyl (C=O) groups is 1. The number of nitrogens with zero attached hydrogens (tertiary/aromatic N) is 5. The van der Waals surface area contributed by atoms with Crippen molar-refractivity contribution in [3.05, 3.63) is 83.4 Å². The molecule has 0 spiro atoms. The molecular weight excluding hydrogens is 396 g/mol. The first-order valence-electron chi connectivity index (χ1n) is 9.61. The number of anilines is 1. The second-order valence-electron chi connectivity index (χ2n) is 7.08. The Morgan fingerprint density at radius 2 is 2.00 bits per heavy atom. The van der Waals surface area contributed by atoms with E-state index in [1.807, 2.05) is 63.6 Å². The first kappa shape index (κ1) is 19.8. The van der Waals surface area contributed by atoms with Crippen molar-refractivity contribution >= 4 is 34.5 Å². The SMILES string of the molecule is CC(C)n1cnc(/C=C/c2csc(NC(=O)c3cccn3Cc3ccncc3)n2)c1. The molecule has 0 aliphatic rings. The van der Waals surface area contributed by atoms with Crippen LogP contribution in [-0.2, 0) is 6.54 Å². The van der Waals surface area contributed by atoms with Gasteiger partial charge in [0.05, 0.1) is 17.7 Å². The lowest BCUT2D eigenvalue weighted by Crippen LogP contribution is -2.17. The molecule has 1 amide bonds. The summed E-state index contributed by atoms with van der Waals surface area (Å²) in [4.78, 5) is 25.6. The van der Waals surface area contributed by atoms with E-state index in [4.69, 9.17) is 0 Å². The van der Waals surface area contributed by atoms with Gasteiger partial charge in [0.1, 0.15) is 5.69 Å². The summed E-state index contributed by atoms with van der Waals surface area (Å²) in [6, 6.07) is 7.91. The fourth-order valence-corrected chi connectivity index (χ4v) is 3.59. The van der Waals surface area contributed by atoms with Gasteiger partial charge in [-0.25, -0.2) is 9.97 Å². The van der Waals surface area contributed by atoms with Gasteiger partial charge in [-0.3, -0.25) is 15.1 Å². The van der Waals surface area contributed by atoms with Crippen molar-refractivity contribution in [3.63, 3.8) is 0 Å². The predicted molar refractivity (Wildman–Crippen MR) is 119 cm³/mol. The molecule has 4 rings (SSSR count). The molecule has 0 aliphatic heterocycles. The van der Waals surface area contributed by atoms with Crippen LogP contribution in [0.25, 0.3) is 12.2 Å². The molecule has 152 valence electrons. The molecule has 4 aromatic rings. The summed E-state index contributed by atoms with van der Waals surface area (Å²) in [6.07, 6.45) is 13.0. The zero-order valence-corrected chi connectivity index (χ0v) is 17.6. The summed E-state index contributed by atoms with van der Waals surface area (Å²) in [6.45, 7) is 4.82. The Morgan fingerprint density at radius 3 is 2.77 bits per heavy atom. The normalized spacial score (nSPS) is 11.4. The first-order valence-corrected chi connectivity index (χ1v) is 10.5. The Kier molecular flexibility index (Phi) is 5.85. The third kappa shape index (κ3) is 4.72. The minimum absolute atomic E-state index is 0.186. The summed E-state index contributed by atoms with van der Waals surface area (Å²) in [5.74, 6) is -0.186. The zero-order chi connectivity index (χ0) is 20.9. The van der Waals surface area contributed by atoms with Crippen LogP contribution in [0.15, 0.2) is 60.8 Å². The molecule has 7 nitrogen and oxygen atoms in total. The van der Waals surface area contributed by atoms with Crippen molar-refractivity contribution in [2.45, 2.75) is 26.4 Å². The summed E-state index contributed by atoms with van der Waals surface area (Å²) in [7, 11) is 0. The third-order valence-corrected chi connectivity index (χ3v) is 5.33. The fraction of sp³-hybridized carbons (Fsp3) is 0.182. The predicted octanol–water partition coefficient (Wildman–Crippen LogP) is 4.59. The molecule has 0 bridgehead atoms. The van der Waals surface area contributed by atoms with Crippen LogP contribution in [0.4, 0.5) is 5.13 Å². The van der Waals surface area contributed by atoms with E-state index >= 15 is 0 Å². The Balaban J connectivity index is 1.41. The van der Waals surface area contributed by atoms with Gasteiger partial charge in [-0.15, -0.1) is 11.3 Å². The molecule has 0 atom stereocenters. The van der Waals surface area contributed by atoms with E-state index in [0.29, 0.717) is 23.4 Å². The molecule has 0 fully saturated rings. The van der Waals surface area contributed by atoms with Crippen LogP contribution in [0.5, 0.6) is 0 Å². The highest BCUT2D eigenvalue weighted by Crippen LogP contribution is 2.19. The molecule has 4 aromatic heterocycles. The summed E-state index contributed by atoms with van der Waals surface area (Å²) in [5.41, 5.74) is 3.31. The van der Waals surface area contributed by atoms with Gasteiger partial charge >= 0.3 is 0 Å². The van der Waals surface area contributed by atoms with Gasteiger partial charge in [0.2, 0.25) is 0 Å². The fourth-order valence-electron chi connectivity index (χ4n) is 2.92. The number of pyridine rings is 1. The number of hydrogen-bond acceptors (Lipinski definition) is 5. The number of aromatic nitrogens is 5. The number of nitrogens with one attached hydrogen (secondary N) is 1. The van der Waals surface area contributed by atoms with Gasteiger partial charge in [0.25, 0.3) is 5.91 Å². The van der Waals surface area contributed by atoms with E-state index in [1.165, 1.54) is 11.3 Å². The number of carbonyl (C=O) groups excluding carboxylic acids is 1. The summed E-state index contributed by atoms with van der Waals surface area (Å²) < 4.78 is 3.96. The van der Waals surface area contributed by atoms with E-state index in [0.717, 1.165) is 17.0 Å². The summed E-state index contributed by atoms with van der Waals surface area (Å²) in [5, 5.41) is 5.35. The molecule has 0 unspecified atom stereocenters. The summed E-state index contributed by atoms with van der Waals surface area (Å²) >= 11 is 1.39. The highest BCUT2D eigenvalue weighted by Gasteiger charge is 2.13. The number of hydrogen-bond donors (Lipinski definition) is 1. The lowest BCUT2D eigenvalue weighted by molar-refractivity contribution is 0.101. The smallest absolute Gasteiger partial charge is 0.274 e. The number of imidazole rings is 1. The van der Waals surface area contributed by atoms with E-state index < -0.39 is 0 Å². The largest absolute Gasteiger partial charge is 0.339 e. The first-order chi connectivity index (χ1) is 14.6. The van der Waals surface area contributed by atoms with Crippen LogP contribution in [0, 0.1) is 0 Å². The van der Waals surface area contributed by atoms with Crippen LogP contribution in [0.1, 0.15) is 47.3 Å². The number of amides is 1. The Labute approximate surface area is 178 Å².